The van der Waals surface area contributed by atoms with Crippen molar-refractivity contribution >= 4 is 12.0 Å². The van der Waals surface area contributed by atoms with E-state index in [1.54, 1.807) is 9.80 Å². The Hall–Kier alpha value is -1.95. The molecule has 2 amide bonds. The summed E-state index contributed by atoms with van der Waals surface area (Å²) in [6.45, 7) is 4.09. The second-order valence-electron chi connectivity index (χ2n) is 4.22. The number of hydrogen-bond acceptors (Lipinski definition) is 4. The summed E-state index contributed by atoms with van der Waals surface area (Å²) >= 11 is 0. The first-order chi connectivity index (χ1) is 9.19. The Bertz CT molecular complexity index is 359. The predicted octanol–water partition coefficient (Wildman–Crippen LogP) is 1.38. The maximum absolute atomic E-state index is 11.7. The van der Waals surface area contributed by atoms with Crippen LogP contribution in [-0.4, -0.2) is 61.1 Å². The summed E-state index contributed by atoms with van der Waals surface area (Å²) in [6, 6.07) is 0. The third-order valence-electron chi connectivity index (χ3n) is 2.88. The fraction of sp³-hybridized carbons (Fsp3) is 0.818. The van der Waals surface area contributed by atoms with E-state index in [-0.39, 0.29) is 18.5 Å². The normalized spacial score (nSPS) is 14.8. The van der Waals surface area contributed by atoms with Gasteiger partial charge >= 0.3 is 6.09 Å². The van der Waals surface area contributed by atoms with Crippen molar-refractivity contribution in [3.63, 3.8) is 0 Å². The standard InChI is InChI=1S/C11H19N5O3/c1-2-3-8-19-11(18)16-6-4-15(5-7-16)10(17)9-13-14-12/h2-9H2,1H3. The van der Waals surface area contributed by atoms with Gasteiger partial charge in [0.05, 0.1) is 6.61 Å². The molecule has 8 heteroatoms. The van der Waals surface area contributed by atoms with Crippen molar-refractivity contribution in [2.45, 2.75) is 19.8 Å². The van der Waals surface area contributed by atoms with Crippen LogP contribution in [0.4, 0.5) is 4.79 Å². The Kier molecular flexibility index (Phi) is 6.52. The SMILES string of the molecule is CCCCOC(=O)N1CCN(C(=O)CN=[N+]=[N-])CC1. The summed E-state index contributed by atoms with van der Waals surface area (Å²) < 4.78 is 5.10. The molecular weight excluding hydrogens is 250 g/mol. The molecule has 1 aliphatic heterocycles. The topological polar surface area (TPSA) is 98.6 Å². The van der Waals surface area contributed by atoms with E-state index in [4.69, 9.17) is 10.3 Å². The summed E-state index contributed by atoms with van der Waals surface area (Å²) in [7, 11) is 0. The van der Waals surface area contributed by atoms with Crippen LogP contribution in [0.2, 0.25) is 0 Å². The highest BCUT2D eigenvalue weighted by Gasteiger charge is 2.24. The molecule has 0 aromatic heterocycles. The molecule has 0 unspecified atom stereocenters. The summed E-state index contributed by atoms with van der Waals surface area (Å²) in [5, 5.41) is 3.24. The molecule has 0 aliphatic carbocycles. The fourth-order valence-electron chi connectivity index (χ4n) is 1.73. The lowest BCUT2D eigenvalue weighted by molar-refractivity contribution is -0.131. The van der Waals surface area contributed by atoms with Crippen molar-refractivity contribution in [2.75, 3.05) is 39.3 Å². The summed E-state index contributed by atoms with van der Waals surface area (Å²) in [5.41, 5.74) is 8.15. The molecule has 0 aromatic rings. The molecule has 8 nitrogen and oxygen atoms in total. The molecule has 1 aliphatic rings. The smallest absolute Gasteiger partial charge is 0.409 e. The lowest BCUT2D eigenvalue weighted by Crippen LogP contribution is -2.51. The molecule has 0 atom stereocenters. The van der Waals surface area contributed by atoms with Gasteiger partial charge in [0.15, 0.2) is 0 Å². The highest BCUT2D eigenvalue weighted by atomic mass is 16.6. The van der Waals surface area contributed by atoms with Crippen molar-refractivity contribution in [1.82, 2.24) is 9.80 Å². The lowest BCUT2D eigenvalue weighted by atomic mass is 10.3. The van der Waals surface area contributed by atoms with E-state index in [0.717, 1.165) is 12.8 Å². The van der Waals surface area contributed by atoms with Gasteiger partial charge in [-0.15, -0.1) is 0 Å². The molecule has 1 saturated heterocycles. The van der Waals surface area contributed by atoms with Gasteiger partial charge in [-0.1, -0.05) is 18.5 Å². The van der Waals surface area contributed by atoms with Crippen LogP contribution in [0, 0.1) is 0 Å². The Morgan fingerprint density at radius 2 is 1.89 bits per heavy atom. The van der Waals surface area contributed by atoms with E-state index in [2.05, 4.69) is 10.0 Å². The number of unbranched alkanes of at least 4 members (excludes halogenated alkanes) is 1. The second-order valence-corrected chi connectivity index (χ2v) is 4.22. The molecule has 0 N–H and O–H groups in total. The largest absolute Gasteiger partial charge is 0.449 e. The molecule has 0 aromatic carbocycles. The number of hydrogen-bond donors (Lipinski definition) is 0. The number of rotatable bonds is 5. The van der Waals surface area contributed by atoms with Crippen LogP contribution in [0.5, 0.6) is 0 Å². The van der Waals surface area contributed by atoms with E-state index in [9.17, 15) is 9.59 Å². The Morgan fingerprint density at radius 1 is 1.26 bits per heavy atom. The quantitative estimate of drug-likeness (QED) is 0.326. The van der Waals surface area contributed by atoms with Gasteiger partial charge in [0.1, 0.15) is 6.54 Å². The van der Waals surface area contributed by atoms with Crippen molar-refractivity contribution in [1.29, 1.82) is 0 Å². The maximum atomic E-state index is 11.7. The van der Waals surface area contributed by atoms with Crippen molar-refractivity contribution < 1.29 is 14.3 Å². The molecule has 0 radical (unpaired) electrons. The van der Waals surface area contributed by atoms with Gasteiger partial charge in [-0.3, -0.25) is 4.79 Å². The van der Waals surface area contributed by atoms with Gasteiger partial charge in [-0.25, -0.2) is 4.79 Å². The number of azide groups is 1. The van der Waals surface area contributed by atoms with Crippen LogP contribution >= 0.6 is 0 Å². The van der Waals surface area contributed by atoms with Gasteiger partial charge < -0.3 is 14.5 Å². The van der Waals surface area contributed by atoms with Gasteiger partial charge in [-0.05, 0) is 12.0 Å². The first-order valence-electron chi connectivity index (χ1n) is 6.39. The highest BCUT2D eigenvalue weighted by molar-refractivity contribution is 5.78. The molecular formula is C11H19N5O3. The van der Waals surface area contributed by atoms with Crippen LogP contribution in [-0.2, 0) is 9.53 Å². The lowest BCUT2D eigenvalue weighted by Gasteiger charge is -2.33. The molecule has 19 heavy (non-hydrogen) atoms. The van der Waals surface area contributed by atoms with Crippen LogP contribution < -0.4 is 0 Å². The number of piperazine rings is 1. The van der Waals surface area contributed by atoms with Gasteiger partial charge in [0.2, 0.25) is 5.91 Å². The van der Waals surface area contributed by atoms with E-state index in [1.165, 1.54) is 0 Å². The molecule has 0 bridgehead atoms. The Labute approximate surface area is 111 Å². The molecule has 1 fully saturated rings. The van der Waals surface area contributed by atoms with Gasteiger partial charge in [0, 0.05) is 31.1 Å². The van der Waals surface area contributed by atoms with E-state index in [1.807, 2.05) is 6.92 Å². The first-order valence-corrected chi connectivity index (χ1v) is 6.39. The van der Waals surface area contributed by atoms with Gasteiger partial charge in [-0.2, -0.15) is 0 Å². The number of carbonyl (C=O) groups is 2. The minimum Gasteiger partial charge on any atom is -0.449 e. The number of carbonyl (C=O) groups excluding carboxylic acids is 2. The summed E-state index contributed by atoms with van der Waals surface area (Å²) in [4.78, 5) is 29.0. The predicted molar refractivity (Wildman–Crippen MR) is 68.4 cm³/mol. The van der Waals surface area contributed by atoms with Crippen LogP contribution in [0.1, 0.15) is 19.8 Å². The summed E-state index contributed by atoms with van der Waals surface area (Å²) in [6.07, 6.45) is 1.52. The number of ether oxygens (including phenoxy) is 1. The Balaban J connectivity index is 2.29. The molecule has 106 valence electrons. The third-order valence-corrected chi connectivity index (χ3v) is 2.88. The molecule has 1 heterocycles. The van der Waals surface area contributed by atoms with E-state index in [0.29, 0.717) is 32.8 Å². The monoisotopic (exact) mass is 269 g/mol. The van der Waals surface area contributed by atoms with Crippen molar-refractivity contribution in [2.24, 2.45) is 5.11 Å². The first kappa shape index (κ1) is 15.1. The van der Waals surface area contributed by atoms with Crippen LogP contribution in [0.25, 0.3) is 10.4 Å². The zero-order valence-electron chi connectivity index (χ0n) is 11.1. The number of nitrogens with zero attached hydrogens (tertiary/aromatic N) is 5. The average molecular weight is 269 g/mol. The maximum Gasteiger partial charge on any atom is 0.409 e. The second kappa shape index (κ2) is 8.20. The van der Waals surface area contributed by atoms with Crippen molar-refractivity contribution in [3.8, 4) is 0 Å². The fourth-order valence-corrected chi connectivity index (χ4v) is 1.73. The minimum absolute atomic E-state index is 0.169. The van der Waals surface area contributed by atoms with Crippen molar-refractivity contribution in [3.05, 3.63) is 10.4 Å². The zero-order valence-corrected chi connectivity index (χ0v) is 11.1. The minimum atomic E-state index is -0.324. The van der Waals surface area contributed by atoms with Crippen LogP contribution in [0.3, 0.4) is 0 Å². The Morgan fingerprint density at radius 3 is 2.47 bits per heavy atom. The molecule has 0 spiro atoms. The molecule has 1 rings (SSSR count). The van der Waals surface area contributed by atoms with E-state index < -0.39 is 0 Å². The summed E-state index contributed by atoms with van der Waals surface area (Å²) in [5.74, 6) is -0.211. The zero-order chi connectivity index (χ0) is 14.1. The van der Waals surface area contributed by atoms with Gasteiger partial charge in [0.25, 0.3) is 0 Å². The third kappa shape index (κ3) is 5.05. The van der Waals surface area contributed by atoms with Crippen LogP contribution in [0.15, 0.2) is 5.11 Å². The molecule has 0 saturated carbocycles. The highest BCUT2D eigenvalue weighted by Crippen LogP contribution is 2.05. The number of amides is 2. The van der Waals surface area contributed by atoms with E-state index >= 15 is 0 Å². The average Bonchev–Trinajstić information content (AvgIpc) is 2.45.